The van der Waals surface area contributed by atoms with Crippen molar-refractivity contribution in [2.24, 2.45) is 5.73 Å². The molecule has 1 amide bonds. The Morgan fingerprint density at radius 2 is 1.91 bits per heavy atom. The Morgan fingerprint density at radius 1 is 1.36 bits per heavy atom. The molecule has 1 atom stereocenters. The van der Waals surface area contributed by atoms with Crippen LogP contribution in [0.5, 0.6) is 0 Å². The predicted octanol–water partition coefficient (Wildman–Crippen LogP) is 2.08. The number of nitrogens with zero attached hydrogens (tertiary/aromatic N) is 1. The van der Waals surface area contributed by atoms with Gasteiger partial charge in [0.15, 0.2) is 0 Å². The average Bonchev–Trinajstić information content (AvgIpc) is 2.41. The van der Waals surface area contributed by atoms with Crippen LogP contribution in [-0.2, 0) is 14.8 Å². The quantitative estimate of drug-likeness (QED) is 0.802. The number of amides is 1. The van der Waals surface area contributed by atoms with Gasteiger partial charge in [-0.2, -0.15) is 4.31 Å². The standard InChI is InChI=1S/C13H20ClN3O3S.ClH/c1-4-17(5-2)21(19,20)12-8-10(6-7-11(12)14)16-13(18)9(3)15;/h6-9H,4-5,15H2,1-3H3,(H,16,18);1H/t9-;/m0./s1. The summed E-state index contributed by atoms with van der Waals surface area (Å²) in [6, 6.07) is 3.62. The van der Waals surface area contributed by atoms with E-state index in [1.54, 1.807) is 20.8 Å². The fourth-order valence-corrected chi connectivity index (χ4v) is 3.70. The SMILES string of the molecule is CCN(CC)S(=O)(=O)c1cc(NC(=O)[C@H](C)N)ccc1Cl.Cl. The number of hydrogen-bond donors (Lipinski definition) is 2. The highest BCUT2D eigenvalue weighted by molar-refractivity contribution is 7.89. The van der Waals surface area contributed by atoms with Gasteiger partial charge in [-0.15, -0.1) is 12.4 Å². The Bertz CT molecular complexity index is 617. The lowest BCUT2D eigenvalue weighted by molar-refractivity contribution is -0.117. The van der Waals surface area contributed by atoms with Gasteiger partial charge in [0.2, 0.25) is 15.9 Å². The van der Waals surface area contributed by atoms with E-state index in [9.17, 15) is 13.2 Å². The van der Waals surface area contributed by atoms with Crippen LogP contribution in [0.2, 0.25) is 5.02 Å². The van der Waals surface area contributed by atoms with Crippen molar-refractivity contribution in [3.05, 3.63) is 23.2 Å². The Balaban J connectivity index is 0.00000441. The third-order valence-electron chi connectivity index (χ3n) is 2.94. The minimum absolute atomic E-state index is 0. The maximum atomic E-state index is 12.5. The first-order valence-corrected chi connectivity index (χ1v) is 8.42. The van der Waals surface area contributed by atoms with Crippen LogP contribution >= 0.6 is 24.0 Å². The van der Waals surface area contributed by atoms with Crippen LogP contribution in [0, 0.1) is 0 Å². The molecule has 3 N–H and O–H groups in total. The smallest absolute Gasteiger partial charge is 0.244 e. The topological polar surface area (TPSA) is 92.5 Å². The zero-order valence-electron chi connectivity index (χ0n) is 12.7. The van der Waals surface area contributed by atoms with Gasteiger partial charge in [-0.25, -0.2) is 8.42 Å². The molecule has 9 heteroatoms. The fraction of sp³-hybridized carbons (Fsp3) is 0.462. The second kappa shape index (κ2) is 8.69. The molecule has 0 bridgehead atoms. The first kappa shape index (κ1) is 21.1. The molecule has 1 rings (SSSR count). The van der Waals surface area contributed by atoms with Crippen LogP contribution in [0.15, 0.2) is 23.1 Å². The van der Waals surface area contributed by atoms with Gasteiger partial charge in [0, 0.05) is 18.8 Å². The second-order valence-electron chi connectivity index (χ2n) is 4.51. The third-order valence-corrected chi connectivity index (χ3v) is 5.47. The lowest BCUT2D eigenvalue weighted by atomic mass is 10.3. The van der Waals surface area contributed by atoms with Gasteiger partial charge < -0.3 is 11.1 Å². The molecule has 0 aromatic heterocycles. The molecule has 0 fully saturated rings. The molecule has 6 nitrogen and oxygen atoms in total. The van der Waals surface area contributed by atoms with Crippen LogP contribution in [0.3, 0.4) is 0 Å². The lowest BCUT2D eigenvalue weighted by Crippen LogP contribution is -2.33. The highest BCUT2D eigenvalue weighted by atomic mass is 35.5. The molecule has 1 aromatic rings. The van der Waals surface area contributed by atoms with Gasteiger partial charge in [-0.3, -0.25) is 4.79 Å². The van der Waals surface area contributed by atoms with Crippen molar-refractivity contribution in [1.29, 1.82) is 0 Å². The normalized spacial score (nSPS) is 12.6. The van der Waals surface area contributed by atoms with E-state index in [1.165, 1.54) is 22.5 Å². The summed E-state index contributed by atoms with van der Waals surface area (Å²) in [5.41, 5.74) is 5.80. The highest BCUT2D eigenvalue weighted by Gasteiger charge is 2.25. The highest BCUT2D eigenvalue weighted by Crippen LogP contribution is 2.27. The van der Waals surface area contributed by atoms with Gasteiger partial charge in [-0.1, -0.05) is 25.4 Å². The van der Waals surface area contributed by atoms with Crippen molar-refractivity contribution in [2.45, 2.75) is 31.7 Å². The molecule has 126 valence electrons. The minimum Gasteiger partial charge on any atom is -0.325 e. The monoisotopic (exact) mass is 369 g/mol. The Morgan fingerprint density at radius 3 is 2.36 bits per heavy atom. The molecule has 0 spiro atoms. The Labute approximate surface area is 142 Å². The third kappa shape index (κ3) is 4.82. The van der Waals surface area contributed by atoms with Crippen LogP contribution in [0.25, 0.3) is 0 Å². The zero-order chi connectivity index (χ0) is 16.2. The van der Waals surface area contributed by atoms with E-state index in [-0.39, 0.29) is 22.3 Å². The van der Waals surface area contributed by atoms with E-state index in [1.807, 2.05) is 0 Å². The lowest BCUT2D eigenvalue weighted by Gasteiger charge is -2.20. The van der Waals surface area contributed by atoms with Crippen molar-refractivity contribution in [2.75, 3.05) is 18.4 Å². The van der Waals surface area contributed by atoms with Crippen LogP contribution in [0.4, 0.5) is 5.69 Å². The molecular weight excluding hydrogens is 349 g/mol. The summed E-state index contributed by atoms with van der Waals surface area (Å²) in [5, 5.41) is 2.66. The summed E-state index contributed by atoms with van der Waals surface area (Å²) < 4.78 is 26.3. The minimum atomic E-state index is -3.69. The Kier molecular flexibility index (Phi) is 8.35. The van der Waals surface area contributed by atoms with Crippen molar-refractivity contribution in [3.8, 4) is 0 Å². The molecule has 0 saturated carbocycles. The first-order chi connectivity index (χ1) is 9.73. The molecule has 22 heavy (non-hydrogen) atoms. The number of nitrogens with one attached hydrogen (secondary N) is 1. The molecule has 0 aliphatic heterocycles. The summed E-state index contributed by atoms with van der Waals surface area (Å²) >= 11 is 5.99. The van der Waals surface area contributed by atoms with Gasteiger partial charge in [0.25, 0.3) is 0 Å². The van der Waals surface area contributed by atoms with E-state index < -0.39 is 22.0 Å². The number of anilines is 1. The maximum absolute atomic E-state index is 12.5. The van der Waals surface area contributed by atoms with Crippen molar-refractivity contribution >= 4 is 45.6 Å². The van der Waals surface area contributed by atoms with E-state index in [0.717, 1.165) is 0 Å². The average molecular weight is 370 g/mol. The van der Waals surface area contributed by atoms with Crippen LogP contribution < -0.4 is 11.1 Å². The first-order valence-electron chi connectivity index (χ1n) is 6.60. The van der Waals surface area contributed by atoms with Crippen molar-refractivity contribution in [3.63, 3.8) is 0 Å². The van der Waals surface area contributed by atoms with E-state index >= 15 is 0 Å². The summed E-state index contributed by atoms with van der Waals surface area (Å²) in [4.78, 5) is 11.5. The summed E-state index contributed by atoms with van der Waals surface area (Å²) in [6.07, 6.45) is 0. The van der Waals surface area contributed by atoms with E-state index in [4.69, 9.17) is 17.3 Å². The van der Waals surface area contributed by atoms with Gasteiger partial charge in [0.1, 0.15) is 4.90 Å². The number of nitrogens with two attached hydrogens (primary N) is 1. The number of hydrogen-bond acceptors (Lipinski definition) is 4. The molecule has 0 heterocycles. The van der Waals surface area contributed by atoms with Crippen LogP contribution in [-0.4, -0.2) is 37.8 Å². The molecule has 0 radical (unpaired) electrons. The number of carbonyl (C=O) groups excluding carboxylic acids is 1. The maximum Gasteiger partial charge on any atom is 0.244 e. The van der Waals surface area contributed by atoms with E-state index in [0.29, 0.717) is 18.8 Å². The number of rotatable bonds is 6. The van der Waals surface area contributed by atoms with Crippen molar-refractivity contribution in [1.82, 2.24) is 4.31 Å². The molecular formula is C13H21Cl2N3O3S. The number of sulfonamides is 1. The zero-order valence-corrected chi connectivity index (χ0v) is 15.1. The fourth-order valence-electron chi connectivity index (χ4n) is 1.74. The Hall–Kier alpha value is -0.860. The predicted molar refractivity (Wildman–Crippen MR) is 91.1 cm³/mol. The molecule has 0 unspecified atom stereocenters. The van der Waals surface area contributed by atoms with Crippen LogP contribution in [0.1, 0.15) is 20.8 Å². The van der Waals surface area contributed by atoms with Gasteiger partial charge in [-0.05, 0) is 25.1 Å². The summed E-state index contributed by atoms with van der Waals surface area (Å²) in [6.45, 7) is 5.71. The largest absolute Gasteiger partial charge is 0.325 e. The van der Waals surface area contributed by atoms with Gasteiger partial charge in [0.05, 0.1) is 11.1 Å². The summed E-state index contributed by atoms with van der Waals surface area (Å²) in [5.74, 6) is -0.400. The van der Waals surface area contributed by atoms with Gasteiger partial charge >= 0.3 is 0 Å². The second-order valence-corrected chi connectivity index (χ2v) is 6.83. The molecule has 0 aliphatic rings. The van der Waals surface area contributed by atoms with E-state index in [2.05, 4.69) is 5.32 Å². The van der Waals surface area contributed by atoms with Crippen molar-refractivity contribution < 1.29 is 13.2 Å². The number of carbonyl (C=O) groups is 1. The molecule has 0 saturated heterocycles. The molecule has 1 aromatic carbocycles. The number of benzene rings is 1. The number of halogens is 2. The summed E-state index contributed by atoms with van der Waals surface area (Å²) in [7, 11) is -3.69. The molecule has 0 aliphatic carbocycles.